The van der Waals surface area contributed by atoms with Crippen LogP contribution in [0.1, 0.15) is 46.7 Å². The van der Waals surface area contributed by atoms with E-state index in [2.05, 4.69) is 25.1 Å². The first-order valence-corrected chi connectivity index (χ1v) is 9.28. The summed E-state index contributed by atoms with van der Waals surface area (Å²) in [6.07, 6.45) is -1.69. The smallest absolute Gasteiger partial charge is 0.387 e. The van der Waals surface area contributed by atoms with Crippen LogP contribution in [0.15, 0.2) is 36.5 Å². The third-order valence-electron chi connectivity index (χ3n) is 4.29. The van der Waals surface area contributed by atoms with Gasteiger partial charge in [-0.25, -0.2) is 13.8 Å². The molecule has 3 rings (SSSR count). The van der Waals surface area contributed by atoms with Crippen molar-refractivity contribution in [3.8, 4) is 23.6 Å². The van der Waals surface area contributed by atoms with E-state index in [9.17, 15) is 22.4 Å². The van der Waals surface area contributed by atoms with Crippen molar-refractivity contribution in [2.45, 2.75) is 26.0 Å². The molecular weight excluding hydrogens is 448 g/mol. The quantitative estimate of drug-likeness (QED) is 0.507. The first kappa shape index (κ1) is 23.5. The molecule has 1 atom stereocenters. The van der Waals surface area contributed by atoms with Crippen LogP contribution < -0.4 is 14.8 Å². The number of benzene rings is 1. The van der Waals surface area contributed by atoms with Crippen molar-refractivity contribution in [2.75, 3.05) is 7.11 Å². The van der Waals surface area contributed by atoms with Crippen LogP contribution in [-0.2, 0) is 0 Å². The lowest BCUT2D eigenvalue weighted by Crippen LogP contribution is -2.29. The summed E-state index contributed by atoms with van der Waals surface area (Å²) in [6.45, 7) is -1.71. The molecule has 0 saturated carbocycles. The summed E-state index contributed by atoms with van der Waals surface area (Å²) in [6, 6.07) is 6.59. The Hall–Kier alpha value is -4.21. The van der Waals surface area contributed by atoms with E-state index in [1.54, 1.807) is 0 Å². The Balaban J connectivity index is 1.90. The van der Waals surface area contributed by atoms with Crippen LogP contribution in [0.2, 0.25) is 0 Å². The Morgan fingerprint density at radius 1 is 1.21 bits per heavy atom. The monoisotopic (exact) mass is 464 g/mol. The third kappa shape index (κ3) is 5.53. The van der Waals surface area contributed by atoms with Crippen LogP contribution in [0.3, 0.4) is 0 Å². The highest BCUT2D eigenvalue weighted by atomic mass is 19.3. The second-order valence-corrected chi connectivity index (χ2v) is 6.55. The highest BCUT2D eigenvalue weighted by molar-refractivity contribution is 5.95. The molecule has 0 saturated heterocycles. The average Bonchev–Trinajstić information content (AvgIpc) is 3.23. The van der Waals surface area contributed by atoms with E-state index >= 15 is 0 Å². The third-order valence-corrected chi connectivity index (χ3v) is 4.29. The summed E-state index contributed by atoms with van der Waals surface area (Å²) in [4.78, 5) is 21.0. The summed E-state index contributed by atoms with van der Waals surface area (Å²) in [5.74, 6) is -0.975. The molecule has 13 heteroatoms. The van der Waals surface area contributed by atoms with Gasteiger partial charge in [-0.3, -0.25) is 4.79 Å². The van der Waals surface area contributed by atoms with Crippen molar-refractivity contribution in [1.82, 2.24) is 25.1 Å². The number of nitrogens with one attached hydrogen (secondary N) is 1. The maximum atomic E-state index is 13.2. The maximum absolute atomic E-state index is 13.2. The SMILES string of the molecule is COc1nc([C@H](C)NC(=O)c2cc(OC(F)F)cc(C(F)F)c2)n(-c2ccc(C#N)cn2)n1. The normalized spacial score (nSPS) is 11.8. The molecule has 0 fully saturated rings. The van der Waals surface area contributed by atoms with E-state index in [4.69, 9.17) is 10.00 Å². The standard InChI is InChI=1S/C20H16F4N6O3/c1-10(17-28-20(32-2)29-30(17)15-4-3-11(8-25)9-26-15)27-18(31)13-5-12(16(21)22)6-14(7-13)33-19(23)24/h3-7,9-10,16,19H,1-2H3,(H,27,31)/t10-/m0/s1. The number of pyridine rings is 1. The molecule has 0 bridgehead atoms. The number of alkyl halides is 4. The number of amides is 1. The predicted molar refractivity (Wildman–Crippen MR) is 104 cm³/mol. The predicted octanol–water partition coefficient (Wildman–Crippen LogP) is 3.57. The van der Waals surface area contributed by atoms with Crippen LogP contribution in [0.4, 0.5) is 17.6 Å². The number of hydrogen-bond donors (Lipinski definition) is 1. The Labute approximate surface area is 184 Å². The van der Waals surface area contributed by atoms with Crippen LogP contribution in [0.25, 0.3) is 5.82 Å². The highest BCUT2D eigenvalue weighted by Crippen LogP contribution is 2.27. The van der Waals surface area contributed by atoms with Gasteiger partial charge in [-0.15, -0.1) is 5.10 Å². The molecule has 2 heterocycles. The zero-order valence-corrected chi connectivity index (χ0v) is 17.2. The van der Waals surface area contributed by atoms with E-state index in [1.807, 2.05) is 6.07 Å². The fourth-order valence-corrected chi connectivity index (χ4v) is 2.81. The van der Waals surface area contributed by atoms with Gasteiger partial charge in [0.2, 0.25) is 0 Å². The van der Waals surface area contributed by atoms with Gasteiger partial charge >= 0.3 is 12.6 Å². The molecule has 0 aliphatic rings. The Morgan fingerprint density at radius 2 is 1.97 bits per heavy atom. The topological polar surface area (TPSA) is 115 Å². The number of halogens is 4. The number of aromatic nitrogens is 4. The largest absolute Gasteiger partial charge is 0.466 e. The van der Waals surface area contributed by atoms with E-state index in [-0.39, 0.29) is 23.2 Å². The van der Waals surface area contributed by atoms with Gasteiger partial charge in [0.1, 0.15) is 11.8 Å². The molecule has 0 radical (unpaired) electrons. The molecule has 0 aliphatic heterocycles. The van der Waals surface area contributed by atoms with Gasteiger partial charge in [0.25, 0.3) is 12.3 Å². The number of nitrogens with zero attached hydrogens (tertiary/aromatic N) is 5. The lowest BCUT2D eigenvalue weighted by Gasteiger charge is -2.15. The number of carbonyl (C=O) groups excluding carboxylic acids is 1. The summed E-state index contributed by atoms with van der Waals surface area (Å²) in [7, 11) is 1.33. The van der Waals surface area contributed by atoms with Crippen LogP contribution in [0, 0.1) is 11.3 Å². The molecule has 1 aromatic carbocycles. The van der Waals surface area contributed by atoms with Crippen molar-refractivity contribution in [1.29, 1.82) is 5.26 Å². The maximum Gasteiger partial charge on any atom is 0.387 e. The zero-order chi connectivity index (χ0) is 24.1. The second kappa shape index (κ2) is 9.94. The number of ether oxygens (including phenoxy) is 2. The number of nitriles is 1. The van der Waals surface area contributed by atoms with E-state index in [0.717, 1.165) is 18.2 Å². The van der Waals surface area contributed by atoms with Crippen LogP contribution >= 0.6 is 0 Å². The number of carbonyl (C=O) groups is 1. The van der Waals surface area contributed by atoms with E-state index < -0.39 is 36.3 Å². The fourth-order valence-electron chi connectivity index (χ4n) is 2.81. The average molecular weight is 464 g/mol. The Kier molecular flexibility index (Phi) is 7.07. The molecule has 172 valence electrons. The summed E-state index contributed by atoms with van der Waals surface area (Å²) in [5, 5.41) is 15.6. The minimum absolute atomic E-state index is 0.0374. The van der Waals surface area contributed by atoms with Gasteiger partial charge in [0.15, 0.2) is 11.6 Å². The van der Waals surface area contributed by atoms with Crippen LogP contribution in [0.5, 0.6) is 11.8 Å². The molecule has 0 spiro atoms. The minimum Gasteiger partial charge on any atom is -0.466 e. The van der Waals surface area contributed by atoms with Crippen molar-refractivity contribution in [3.05, 3.63) is 59.0 Å². The van der Waals surface area contributed by atoms with Gasteiger partial charge < -0.3 is 14.8 Å². The second-order valence-electron chi connectivity index (χ2n) is 6.55. The van der Waals surface area contributed by atoms with Gasteiger partial charge in [0, 0.05) is 17.3 Å². The lowest BCUT2D eigenvalue weighted by molar-refractivity contribution is -0.0500. The van der Waals surface area contributed by atoms with Crippen LogP contribution in [-0.4, -0.2) is 39.4 Å². The number of rotatable bonds is 8. The molecule has 2 aromatic heterocycles. The van der Waals surface area contributed by atoms with Crippen molar-refractivity contribution in [3.63, 3.8) is 0 Å². The summed E-state index contributed by atoms with van der Waals surface area (Å²) >= 11 is 0. The number of hydrogen-bond acceptors (Lipinski definition) is 7. The molecule has 1 N–H and O–H groups in total. The minimum atomic E-state index is -3.25. The van der Waals surface area contributed by atoms with Gasteiger partial charge in [-0.2, -0.15) is 23.7 Å². The number of methoxy groups -OCH3 is 1. The van der Waals surface area contributed by atoms with E-state index in [1.165, 1.54) is 37.0 Å². The molecule has 0 unspecified atom stereocenters. The Bertz CT molecular complexity index is 1180. The molecule has 1 amide bonds. The van der Waals surface area contributed by atoms with Crippen molar-refractivity contribution in [2.24, 2.45) is 0 Å². The molecule has 33 heavy (non-hydrogen) atoms. The lowest BCUT2D eigenvalue weighted by atomic mass is 10.1. The van der Waals surface area contributed by atoms with Gasteiger partial charge in [-0.1, -0.05) is 0 Å². The first-order chi connectivity index (χ1) is 15.7. The molecular formula is C20H16F4N6O3. The summed E-state index contributed by atoms with van der Waals surface area (Å²) < 4.78 is 61.9. The fraction of sp³-hybridized carbons (Fsp3) is 0.250. The van der Waals surface area contributed by atoms with Crippen molar-refractivity contribution < 1.29 is 31.8 Å². The first-order valence-electron chi connectivity index (χ1n) is 9.28. The summed E-state index contributed by atoms with van der Waals surface area (Å²) in [5.41, 5.74) is -0.656. The molecule has 3 aromatic rings. The van der Waals surface area contributed by atoms with Crippen molar-refractivity contribution >= 4 is 5.91 Å². The van der Waals surface area contributed by atoms with Gasteiger partial charge in [0.05, 0.1) is 18.7 Å². The Morgan fingerprint density at radius 3 is 2.55 bits per heavy atom. The zero-order valence-electron chi connectivity index (χ0n) is 17.2. The molecule has 9 nitrogen and oxygen atoms in total. The highest BCUT2D eigenvalue weighted by Gasteiger charge is 2.23. The van der Waals surface area contributed by atoms with E-state index in [0.29, 0.717) is 5.56 Å². The van der Waals surface area contributed by atoms with Gasteiger partial charge in [-0.05, 0) is 37.3 Å². The molecule has 0 aliphatic carbocycles.